The van der Waals surface area contributed by atoms with E-state index >= 15 is 0 Å². The van der Waals surface area contributed by atoms with Crippen LogP contribution in [-0.4, -0.2) is 44.0 Å². The fraction of sp³-hybridized carbons (Fsp3) is 0.391. The summed E-state index contributed by atoms with van der Waals surface area (Å²) in [5.41, 5.74) is 2.85. The number of nitrogens with one attached hydrogen (secondary N) is 1. The van der Waals surface area contributed by atoms with Gasteiger partial charge >= 0.3 is 0 Å². The summed E-state index contributed by atoms with van der Waals surface area (Å²) < 4.78 is 5.35. The minimum absolute atomic E-state index is 0.111. The van der Waals surface area contributed by atoms with Gasteiger partial charge in [0, 0.05) is 31.1 Å². The minimum Gasteiger partial charge on any atom is -0.495 e. The standard InChI is InChI=1S/C23H28ClN3O3/c1-4-26(2)14-17-7-5-6-16(10-17)13-25-23(29)18-11-22(28)27(15-18)20-12-19(24)8-9-21(20)30-3/h5-10,12,18H,4,11,13-15H2,1-3H3,(H,25,29). The molecule has 1 N–H and O–H groups in total. The van der Waals surface area contributed by atoms with Gasteiger partial charge in [0.25, 0.3) is 0 Å². The van der Waals surface area contributed by atoms with E-state index in [9.17, 15) is 9.59 Å². The molecule has 2 aromatic rings. The van der Waals surface area contributed by atoms with E-state index in [2.05, 4.69) is 36.3 Å². The van der Waals surface area contributed by atoms with Crippen LogP contribution in [0.5, 0.6) is 5.75 Å². The van der Waals surface area contributed by atoms with E-state index in [4.69, 9.17) is 16.3 Å². The Hall–Kier alpha value is -2.57. The molecule has 1 unspecified atom stereocenters. The lowest BCUT2D eigenvalue weighted by molar-refractivity contribution is -0.126. The number of ether oxygens (including phenoxy) is 1. The lowest BCUT2D eigenvalue weighted by Gasteiger charge is -2.20. The van der Waals surface area contributed by atoms with Crippen LogP contribution < -0.4 is 15.0 Å². The molecule has 1 aliphatic heterocycles. The molecule has 2 amide bonds. The first-order chi connectivity index (χ1) is 14.4. The molecule has 1 atom stereocenters. The van der Waals surface area contributed by atoms with Gasteiger partial charge in [0.1, 0.15) is 5.75 Å². The highest BCUT2D eigenvalue weighted by Crippen LogP contribution is 2.35. The van der Waals surface area contributed by atoms with Crippen LogP contribution in [0.25, 0.3) is 0 Å². The van der Waals surface area contributed by atoms with Gasteiger partial charge in [-0.15, -0.1) is 0 Å². The zero-order chi connectivity index (χ0) is 21.7. The van der Waals surface area contributed by atoms with Crippen LogP contribution in [0.4, 0.5) is 5.69 Å². The van der Waals surface area contributed by atoms with E-state index in [0.29, 0.717) is 29.5 Å². The van der Waals surface area contributed by atoms with E-state index in [1.807, 2.05) is 12.1 Å². The van der Waals surface area contributed by atoms with Crippen molar-refractivity contribution in [2.75, 3.05) is 32.1 Å². The number of carbonyl (C=O) groups excluding carboxylic acids is 2. The first-order valence-electron chi connectivity index (χ1n) is 10.1. The number of halogens is 1. The molecule has 160 valence electrons. The molecule has 0 saturated carbocycles. The van der Waals surface area contributed by atoms with Crippen molar-refractivity contribution in [3.05, 3.63) is 58.6 Å². The quantitative estimate of drug-likeness (QED) is 0.698. The predicted molar refractivity (Wildman–Crippen MR) is 119 cm³/mol. The summed E-state index contributed by atoms with van der Waals surface area (Å²) in [5, 5.41) is 3.49. The van der Waals surface area contributed by atoms with E-state index in [1.165, 1.54) is 5.56 Å². The second-order valence-corrected chi connectivity index (χ2v) is 8.03. The molecule has 3 rings (SSSR count). The normalized spacial score (nSPS) is 16.2. The van der Waals surface area contributed by atoms with Gasteiger partial charge in [-0.05, 0) is 42.9 Å². The number of amides is 2. The van der Waals surface area contributed by atoms with Crippen molar-refractivity contribution in [3.63, 3.8) is 0 Å². The first-order valence-corrected chi connectivity index (χ1v) is 10.5. The Balaban J connectivity index is 1.62. The van der Waals surface area contributed by atoms with Crippen molar-refractivity contribution in [2.24, 2.45) is 5.92 Å². The summed E-state index contributed by atoms with van der Waals surface area (Å²) in [6.45, 7) is 4.71. The highest BCUT2D eigenvalue weighted by atomic mass is 35.5. The predicted octanol–water partition coefficient (Wildman–Crippen LogP) is 3.47. The molecule has 1 fully saturated rings. The van der Waals surface area contributed by atoms with Crippen molar-refractivity contribution >= 4 is 29.1 Å². The van der Waals surface area contributed by atoms with Gasteiger partial charge in [-0.25, -0.2) is 0 Å². The summed E-state index contributed by atoms with van der Waals surface area (Å²) in [6, 6.07) is 13.3. The summed E-state index contributed by atoms with van der Waals surface area (Å²) in [6.07, 6.45) is 0.169. The van der Waals surface area contributed by atoms with E-state index < -0.39 is 5.92 Å². The molecule has 0 aromatic heterocycles. The Morgan fingerprint density at radius 1 is 1.27 bits per heavy atom. The number of nitrogens with zero attached hydrogens (tertiary/aromatic N) is 2. The van der Waals surface area contributed by atoms with Gasteiger partial charge in [-0.1, -0.05) is 42.8 Å². The second kappa shape index (κ2) is 9.96. The maximum atomic E-state index is 12.7. The van der Waals surface area contributed by atoms with E-state index in [-0.39, 0.29) is 18.2 Å². The zero-order valence-corrected chi connectivity index (χ0v) is 18.4. The number of rotatable bonds is 8. The third-order valence-corrected chi connectivity index (χ3v) is 5.61. The smallest absolute Gasteiger partial charge is 0.227 e. The van der Waals surface area contributed by atoms with Crippen LogP contribution in [0.15, 0.2) is 42.5 Å². The second-order valence-electron chi connectivity index (χ2n) is 7.59. The molecule has 1 aliphatic rings. The maximum Gasteiger partial charge on any atom is 0.227 e. The highest BCUT2D eigenvalue weighted by Gasteiger charge is 2.36. The average molecular weight is 430 g/mol. The molecule has 0 spiro atoms. The summed E-state index contributed by atoms with van der Waals surface area (Å²) in [5.74, 6) is -0.0819. The Morgan fingerprint density at radius 2 is 2.03 bits per heavy atom. The molecular weight excluding hydrogens is 402 g/mol. The van der Waals surface area contributed by atoms with Crippen LogP contribution >= 0.6 is 11.6 Å². The van der Waals surface area contributed by atoms with Crippen LogP contribution in [0.3, 0.4) is 0 Å². The average Bonchev–Trinajstić information content (AvgIpc) is 3.13. The number of hydrogen-bond acceptors (Lipinski definition) is 4. The monoisotopic (exact) mass is 429 g/mol. The van der Waals surface area contributed by atoms with Gasteiger partial charge in [-0.2, -0.15) is 0 Å². The van der Waals surface area contributed by atoms with Gasteiger partial charge in [0.05, 0.1) is 18.7 Å². The summed E-state index contributed by atoms with van der Waals surface area (Å²) >= 11 is 6.09. The van der Waals surface area contributed by atoms with Crippen molar-refractivity contribution in [2.45, 2.75) is 26.4 Å². The molecule has 0 bridgehead atoms. The van der Waals surface area contributed by atoms with Gasteiger partial charge in [-0.3, -0.25) is 9.59 Å². The topological polar surface area (TPSA) is 61.9 Å². The van der Waals surface area contributed by atoms with Gasteiger partial charge < -0.3 is 19.9 Å². The molecule has 6 nitrogen and oxygen atoms in total. The number of hydrogen-bond donors (Lipinski definition) is 1. The first kappa shape index (κ1) is 22.1. The largest absolute Gasteiger partial charge is 0.495 e. The minimum atomic E-state index is -0.407. The van der Waals surface area contributed by atoms with Crippen LogP contribution in [0.2, 0.25) is 5.02 Å². The molecule has 0 aliphatic carbocycles. The van der Waals surface area contributed by atoms with Crippen LogP contribution in [0.1, 0.15) is 24.5 Å². The number of carbonyl (C=O) groups is 2. The van der Waals surface area contributed by atoms with Crippen molar-refractivity contribution < 1.29 is 14.3 Å². The lowest BCUT2D eigenvalue weighted by Crippen LogP contribution is -2.32. The molecule has 0 radical (unpaired) electrons. The third-order valence-electron chi connectivity index (χ3n) is 5.38. The van der Waals surface area contributed by atoms with Crippen molar-refractivity contribution in [1.82, 2.24) is 10.2 Å². The Kier molecular flexibility index (Phi) is 7.34. The molecule has 30 heavy (non-hydrogen) atoms. The fourth-order valence-electron chi connectivity index (χ4n) is 3.59. The Labute approximate surface area is 182 Å². The van der Waals surface area contributed by atoms with E-state index in [0.717, 1.165) is 18.7 Å². The summed E-state index contributed by atoms with van der Waals surface area (Å²) in [4.78, 5) is 29.1. The molecular formula is C23H28ClN3O3. The molecule has 7 heteroatoms. The van der Waals surface area contributed by atoms with Crippen LogP contribution in [0, 0.1) is 5.92 Å². The molecule has 1 heterocycles. The van der Waals surface area contributed by atoms with Crippen molar-refractivity contribution in [3.8, 4) is 5.75 Å². The number of anilines is 1. The van der Waals surface area contributed by atoms with Crippen molar-refractivity contribution in [1.29, 1.82) is 0 Å². The lowest BCUT2D eigenvalue weighted by atomic mass is 10.1. The Bertz CT molecular complexity index is 918. The van der Waals surface area contributed by atoms with Crippen LogP contribution in [-0.2, 0) is 22.7 Å². The number of methoxy groups -OCH3 is 1. The maximum absolute atomic E-state index is 12.7. The van der Waals surface area contributed by atoms with Gasteiger partial charge in [0.2, 0.25) is 11.8 Å². The molecule has 1 saturated heterocycles. The highest BCUT2D eigenvalue weighted by molar-refractivity contribution is 6.31. The fourth-order valence-corrected chi connectivity index (χ4v) is 3.75. The van der Waals surface area contributed by atoms with E-state index in [1.54, 1.807) is 30.2 Å². The Morgan fingerprint density at radius 3 is 2.77 bits per heavy atom. The summed E-state index contributed by atoms with van der Waals surface area (Å²) in [7, 11) is 3.62. The zero-order valence-electron chi connectivity index (χ0n) is 17.7. The molecule has 2 aromatic carbocycles. The third kappa shape index (κ3) is 5.32. The van der Waals surface area contributed by atoms with Gasteiger partial charge in [0.15, 0.2) is 0 Å². The number of benzene rings is 2. The SMILES string of the molecule is CCN(C)Cc1cccc(CNC(=O)C2CC(=O)N(c3cc(Cl)ccc3OC)C2)c1.